The summed E-state index contributed by atoms with van der Waals surface area (Å²) in [7, 11) is 0. The van der Waals surface area contributed by atoms with Crippen molar-refractivity contribution in [1.82, 2.24) is 0 Å². The third kappa shape index (κ3) is 2.70. The molecule has 1 aromatic carbocycles. The molecule has 0 amide bonds. The van der Waals surface area contributed by atoms with Crippen molar-refractivity contribution < 1.29 is 9.90 Å². The summed E-state index contributed by atoms with van der Waals surface area (Å²) in [5.41, 5.74) is 4.88. The summed E-state index contributed by atoms with van der Waals surface area (Å²) >= 11 is 3.26. The molecule has 78 valence electrons. The Bertz CT molecular complexity index is 341. The standard InChI is InChI=1S/C9H10BrNO2.ClH/c1-9(11,8(12)13)6-3-2-4-7(10)5-6;/h2-5H,11H2,1H3,(H,12,13);1H/t9-;/m1./s1. The summed E-state index contributed by atoms with van der Waals surface area (Å²) in [5.74, 6) is -1.04. The highest BCUT2D eigenvalue weighted by molar-refractivity contribution is 9.10. The van der Waals surface area contributed by atoms with Gasteiger partial charge in [-0.15, -0.1) is 12.4 Å². The van der Waals surface area contributed by atoms with Crippen LogP contribution in [0.2, 0.25) is 0 Å². The van der Waals surface area contributed by atoms with Gasteiger partial charge < -0.3 is 10.8 Å². The molecule has 0 aliphatic rings. The summed E-state index contributed by atoms with van der Waals surface area (Å²) in [6.45, 7) is 1.47. The van der Waals surface area contributed by atoms with E-state index in [0.717, 1.165) is 4.47 Å². The number of carboxylic acids is 1. The molecule has 1 atom stereocenters. The second-order valence-electron chi connectivity index (χ2n) is 3.02. The Kier molecular flexibility index (Phi) is 4.58. The zero-order valence-electron chi connectivity index (χ0n) is 7.53. The Hall–Kier alpha value is -0.580. The lowest BCUT2D eigenvalue weighted by atomic mass is 9.94. The van der Waals surface area contributed by atoms with Crippen LogP contribution in [0.1, 0.15) is 12.5 Å². The van der Waals surface area contributed by atoms with Crippen LogP contribution in [0.5, 0.6) is 0 Å². The number of carboxylic acid groups (broad SMARTS) is 1. The van der Waals surface area contributed by atoms with Crippen molar-refractivity contribution in [2.75, 3.05) is 0 Å². The normalized spacial score (nSPS) is 13.9. The summed E-state index contributed by atoms with van der Waals surface area (Å²) in [5, 5.41) is 8.85. The Morgan fingerprint density at radius 3 is 2.57 bits per heavy atom. The average molecular weight is 281 g/mol. The molecule has 1 aromatic rings. The molecule has 0 saturated carbocycles. The van der Waals surface area contributed by atoms with Crippen LogP contribution in [0, 0.1) is 0 Å². The van der Waals surface area contributed by atoms with Gasteiger partial charge in [-0.1, -0.05) is 28.1 Å². The molecule has 0 aromatic heterocycles. The van der Waals surface area contributed by atoms with Crippen molar-refractivity contribution in [3.05, 3.63) is 34.3 Å². The lowest BCUT2D eigenvalue weighted by Crippen LogP contribution is -2.41. The summed E-state index contributed by atoms with van der Waals surface area (Å²) in [4.78, 5) is 10.8. The molecule has 0 saturated heterocycles. The number of benzene rings is 1. The molecule has 0 aliphatic carbocycles. The molecular formula is C9H11BrClNO2. The van der Waals surface area contributed by atoms with Gasteiger partial charge in [0.1, 0.15) is 5.54 Å². The van der Waals surface area contributed by atoms with E-state index < -0.39 is 11.5 Å². The first kappa shape index (κ1) is 13.4. The molecule has 0 heterocycles. The quantitative estimate of drug-likeness (QED) is 0.872. The van der Waals surface area contributed by atoms with E-state index in [-0.39, 0.29) is 12.4 Å². The maximum absolute atomic E-state index is 10.8. The van der Waals surface area contributed by atoms with Gasteiger partial charge in [-0.3, -0.25) is 0 Å². The van der Waals surface area contributed by atoms with Crippen molar-refractivity contribution in [3.8, 4) is 0 Å². The Balaban J connectivity index is 0.00000169. The van der Waals surface area contributed by atoms with Gasteiger partial charge in [-0.05, 0) is 24.6 Å². The number of hydrogen-bond acceptors (Lipinski definition) is 2. The maximum atomic E-state index is 10.8. The molecule has 5 heteroatoms. The highest BCUT2D eigenvalue weighted by Gasteiger charge is 2.29. The molecular weight excluding hydrogens is 269 g/mol. The number of hydrogen-bond donors (Lipinski definition) is 2. The van der Waals surface area contributed by atoms with Gasteiger partial charge in [-0.25, -0.2) is 4.79 Å². The van der Waals surface area contributed by atoms with E-state index in [1.807, 2.05) is 6.07 Å². The monoisotopic (exact) mass is 279 g/mol. The molecule has 14 heavy (non-hydrogen) atoms. The van der Waals surface area contributed by atoms with E-state index in [1.54, 1.807) is 18.2 Å². The summed E-state index contributed by atoms with van der Waals surface area (Å²) in [6, 6.07) is 6.97. The Labute approximate surface area is 96.8 Å². The van der Waals surface area contributed by atoms with Crippen LogP contribution in [0.3, 0.4) is 0 Å². The van der Waals surface area contributed by atoms with E-state index >= 15 is 0 Å². The number of halogens is 2. The lowest BCUT2D eigenvalue weighted by Gasteiger charge is -2.19. The van der Waals surface area contributed by atoms with Crippen LogP contribution < -0.4 is 5.73 Å². The fourth-order valence-electron chi connectivity index (χ4n) is 0.935. The molecule has 3 nitrogen and oxygen atoms in total. The van der Waals surface area contributed by atoms with Gasteiger partial charge >= 0.3 is 5.97 Å². The molecule has 0 bridgehead atoms. The Morgan fingerprint density at radius 1 is 1.57 bits per heavy atom. The van der Waals surface area contributed by atoms with E-state index in [1.165, 1.54) is 6.92 Å². The van der Waals surface area contributed by atoms with E-state index in [9.17, 15) is 4.79 Å². The van der Waals surface area contributed by atoms with Crippen molar-refractivity contribution >= 4 is 34.3 Å². The second-order valence-corrected chi connectivity index (χ2v) is 3.93. The SMILES string of the molecule is C[C@](N)(C(=O)O)c1cccc(Br)c1.Cl. The molecule has 3 N–H and O–H groups in total. The minimum absolute atomic E-state index is 0. The smallest absolute Gasteiger partial charge is 0.328 e. The minimum Gasteiger partial charge on any atom is -0.480 e. The number of aliphatic carboxylic acids is 1. The average Bonchev–Trinajstić information content (AvgIpc) is 2.04. The Morgan fingerprint density at radius 2 is 2.14 bits per heavy atom. The highest BCUT2D eigenvalue weighted by atomic mass is 79.9. The van der Waals surface area contributed by atoms with E-state index in [0.29, 0.717) is 5.56 Å². The maximum Gasteiger partial charge on any atom is 0.328 e. The van der Waals surface area contributed by atoms with Crippen molar-refractivity contribution in [3.63, 3.8) is 0 Å². The third-order valence-corrected chi connectivity index (χ3v) is 2.36. The van der Waals surface area contributed by atoms with Crippen LogP contribution in [0.25, 0.3) is 0 Å². The number of nitrogens with two attached hydrogens (primary N) is 1. The summed E-state index contributed by atoms with van der Waals surface area (Å²) < 4.78 is 0.822. The first-order valence-corrected chi connectivity index (χ1v) is 4.52. The van der Waals surface area contributed by atoms with E-state index in [2.05, 4.69) is 15.9 Å². The molecule has 0 radical (unpaired) electrons. The van der Waals surface area contributed by atoms with Crippen LogP contribution in [-0.2, 0) is 10.3 Å². The van der Waals surface area contributed by atoms with Gasteiger partial charge in [0.2, 0.25) is 0 Å². The predicted molar refractivity (Wildman–Crippen MR) is 60.6 cm³/mol. The topological polar surface area (TPSA) is 63.3 Å². The lowest BCUT2D eigenvalue weighted by molar-refractivity contribution is -0.143. The van der Waals surface area contributed by atoms with E-state index in [4.69, 9.17) is 10.8 Å². The van der Waals surface area contributed by atoms with Gasteiger partial charge in [0, 0.05) is 4.47 Å². The molecule has 0 unspecified atom stereocenters. The second kappa shape index (κ2) is 4.77. The van der Waals surface area contributed by atoms with Gasteiger partial charge in [0.25, 0.3) is 0 Å². The largest absolute Gasteiger partial charge is 0.480 e. The minimum atomic E-state index is -1.33. The van der Waals surface area contributed by atoms with Gasteiger partial charge in [-0.2, -0.15) is 0 Å². The van der Waals surface area contributed by atoms with Crippen LogP contribution in [0.4, 0.5) is 0 Å². The molecule has 0 aliphatic heterocycles. The van der Waals surface area contributed by atoms with Crippen LogP contribution in [-0.4, -0.2) is 11.1 Å². The van der Waals surface area contributed by atoms with Gasteiger partial charge in [0.05, 0.1) is 0 Å². The van der Waals surface area contributed by atoms with Crippen molar-refractivity contribution in [2.45, 2.75) is 12.5 Å². The zero-order chi connectivity index (χ0) is 10.1. The first-order valence-electron chi connectivity index (χ1n) is 3.73. The zero-order valence-corrected chi connectivity index (χ0v) is 9.93. The fraction of sp³-hybridized carbons (Fsp3) is 0.222. The predicted octanol–water partition coefficient (Wildman–Crippen LogP) is 2.13. The van der Waals surface area contributed by atoms with Crippen LogP contribution in [0.15, 0.2) is 28.7 Å². The molecule has 0 spiro atoms. The summed E-state index contributed by atoms with van der Waals surface area (Å²) in [6.07, 6.45) is 0. The number of carbonyl (C=O) groups is 1. The highest BCUT2D eigenvalue weighted by Crippen LogP contribution is 2.21. The fourth-order valence-corrected chi connectivity index (χ4v) is 1.33. The van der Waals surface area contributed by atoms with Crippen LogP contribution >= 0.6 is 28.3 Å². The number of rotatable bonds is 2. The van der Waals surface area contributed by atoms with Gasteiger partial charge in [0.15, 0.2) is 0 Å². The molecule has 1 rings (SSSR count). The van der Waals surface area contributed by atoms with Crippen molar-refractivity contribution in [2.24, 2.45) is 5.73 Å². The first-order chi connectivity index (χ1) is 5.94. The molecule has 0 fully saturated rings. The van der Waals surface area contributed by atoms with Crippen molar-refractivity contribution in [1.29, 1.82) is 0 Å². The third-order valence-electron chi connectivity index (χ3n) is 1.87.